The molecule has 0 unspecified atom stereocenters. The maximum Gasteiger partial charge on any atom is 0.129 e. The van der Waals surface area contributed by atoms with Crippen LogP contribution >= 0.6 is 0 Å². The first-order valence-corrected chi connectivity index (χ1v) is 4.20. The van der Waals surface area contributed by atoms with E-state index in [4.69, 9.17) is 0 Å². The van der Waals surface area contributed by atoms with Gasteiger partial charge in [0.15, 0.2) is 0 Å². The summed E-state index contributed by atoms with van der Waals surface area (Å²) in [5, 5.41) is 0. The molecular formula is C11H13FO. The molecule has 0 bridgehead atoms. The van der Waals surface area contributed by atoms with Crippen molar-refractivity contribution in [2.45, 2.75) is 26.2 Å². The van der Waals surface area contributed by atoms with E-state index in [0.717, 1.165) is 11.8 Å². The number of halogens is 1. The smallest absolute Gasteiger partial charge is 0.129 e. The monoisotopic (exact) mass is 180 g/mol. The predicted octanol–water partition coefficient (Wildman–Crippen LogP) is 2.61. The predicted molar refractivity (Wildman–Crippen MR) is 50.2 cm³/mol. The van der Waals surface area contributed by atoms with Crippen LogP contribution in [0.2, 0.25) is 0 Å². The van der Waals surface area contributed by atoms with E-state index in [1.54, 1.807) is 19.1 Å². The van der Waals surface area contributed by atoms with Crippen molar-refractivity contribution in [1.29, 1.82) is 0 Å². The average molecular weight is 180 g/mol. The van der Waals surface area contributed by atoms with Crippen LogP contribution in [0.1, 0.15) is 25.0 Å². The maximum absolute atomic E-state index is 12.9. The van der Waals surface area contributed by atoms with Gasteiger partial charge in [0.2, 0.25) is 0 Å². The second-order valence-corrected chi connectivity index (χ2v) is 3.80. The summed E-state index contributed by atoms with van der Waals surface area (Å²) in [6.45, 7) is 5.32. The molecule has 0 fully saturated rings. The molecule has 1 aromatic rings. The van der Waals surface area contributed by atoms with Crippen molar-refractivity contribution >= 4 is 6.29 Å². The second kappa shape index (κ2) is 3.29. The summed E-state index contributed by atoms with van der Waals surface area (Å²) in [5.41, 5.74) is 0.896. The minimum Gasteiger partial charge on any atom is -0.302 e. The Balaban J connectivity index is 3.18. The Morgan fingerprint density at radius 1 is 1.38 bits per heavy atom. The number of aldehydes is 1. The van der Waals surface area contributed by atoms with Crippen molar-refractivity contribution in [1.82, 2.24) is 0 Å². The molecule has 0 spiro atoms. The fourth-order valence-electron chi connectivity index (χ4n) is 1.11. The molecule has 0 radical (unpaired) electrons. The molecule has 0 aliphatic carbocycles. The largest absolute Gasteiger partial charge is 0.302 e. The Labute approximate surface area is 77.6 Å². The lowest BCUT2D eigenvalue weighted by atomic mass is 9.85. The third-order valence-corrected chi connectivity index (χ3v) is 2.20. The number of carbonyl (C=O) groups excluding carboxylic acids is 1. The topological polar surface area (TPSA) is 17.1 Å². The molecule has 0 aliphatic rings. The van der Waals surface area contributed by atoms with Gasteiger partial charge in [0.1, 0.15) is 12.1 Å². The molecule has 0 saturated carbocycles. The number of hydrogen-bond donors (Lipinski definition) is 0. The highest BCUT2D eigenvalue weighted by molar-refractivity contribution is 5.67. The van der Waals surface area contributed by atoms with Crippen LogP contribution in [0.25, 0.3) is 0 Å². The zero-order chi connectivity index (χ0) is 10.1. The van der Waals surface area contributed by atoms with Gasteiger partial charge in [-0.1, -0.05) is 12.1 Å². The Morgan fingerprint density at radius 2 is 2.00 bits per heavy atom. The van der Waals surface area contributed by atoms with Gasteiger partial charge in [-0.25, -0.2) is 4.39 Å². The van der Waals surface area contributed by atoms with E-state index >= 15 is 0 Å². The highest BCUT2D eigenvalue weighted by Crippen LogP contribution is 2.22. The third-order valence-electron chi connectivity index (χ3n) is 2.20. The van der Waals surface area contributed by atoms with Crippen LogP contribution in [0.3, 0.4) is 0 Å². The quantitative estimate of drug-likeness (QED) is 0.639. The van der Waals surface area contributed by atoms with Crippen molar-refractivity contribution in [3.63, 3.8) is 0 Å². The zero-order valence-corrected chi connectivity index (χ0v) is 8.10. The molecule has 0 atom stereocenters. The summed E-state index contributed by atoms with van der Waals surface area (Å²) in [6.07, 6.45) is 0.875. The lowest BCUT2D eigenvalue weighted by Gasteiger charge is -2.17. The highest BCUT2D eigenvalue weighted by atomic mass is 19.1. The van der Waals surface area contributed by atoms with Crippen molar-refractivity contribution in [2.24, 2.45) is 0 Å². The van der Waals surface area contributed by atoms with E-state index in [1.807, 2.05) is 13.8 Å². The molecule has 70 valence electrons. The first kappa shape index (κ1) is 9.90. The lowest BCUT2D eigenvalue weighted by molar-refractivity contribution is -0.111. The van der Waals surface area contributed by atoms with Crippen LogP contribution in [-0.2, 0) is 10.2 Å². The number of carbonyl (C=O) groups is 1. The van der Waals surface area contributed by atoms with Crippen molar-refractivity contribution in [3.05, 3.63) is 35.1 Å². The van der Waals surface area contributed by atoms with Gasteiger partial charge in [-0.2, -0.15) is 0 Å². The molecule has 0 amide bonds. The van der Waals surface area contributed by atoms with Gasteiger partial charge in [0, 0.05) is 5.41 Å². The number of hydrogen-bond acceptors (Lipinski definition) is 1. The van der Waals surface area contributed by atoms with Crippen LogP contribution in [-0.4, -0.2) is 6.29 Å². The number of benzene rings is 1. The first-order chi connectivity index (χ1) is 5.97. The molecule has 0 aliphatic heterocycles. The Hall–Kier alpha value is -1.18. The van der Waals surface area contributed by atoms with Gasteiger partial charge in [0.05, 0.1) is 0 Å². The first-order valence-electron chi connectivity index (χ1n) is 4.20. The Bertz CT molecular complexity index is 329. The summed E-state index contributed by atoms with van der Waals surface area (Å²) < 4.78 is 12.9. The molecule has 1 nitrogen and oxygen atoms in total. The van der Waals surface area contributed by atoms with E-state index in [-0.39, 0.29) is 5.82 Å². The summed E-state index contributed by atoms with van der Waals surface area (Å²) in [7, 11) is 0. The van der Waals surface area contributed by atoms with E-state index in [1.165, 1.54) is 6.07 Å². The Morgan fingerprint density at radius 3 is 2.46 bits per heavy atom. The van der Waals surface area contributed by atoms with Crippen molar-refractivity contribution < 1.29 is 9.18 Å². The van der Waals surface area contributed by atoms with Crippen molar-refractivity contribution in [2.75, 3.05) is 0 Å². The minimum absolute atomic E-state index is 0.231. The fraction of sp³-hybridized carbons (Fsp3) is 0.364. The number of rotatable bonds is 2. The molecule has 0 saturated heterocycles. The van der Waals surface area contributed by atoms with Gasteiger partial charge < -0.3 is 4.79 Å². The van der Waals surface area contributed by atoms with Gasteiger partial charge in [-0.3, -0.25) is 0 Å². The molecule has 1 rings (SSSR count). The van der Waals surface area contributed by atoms with Gasteiger partial charge >= 0.3 is 0 Å². The highest BCUT2D eigenvalue weighted by Gasteiger charge is 2.19. The van der Waals surface area contributed by atoms with E-state index in [2.05, 4.69) is 0 Å². The lowest BCUT2D eigenvalue weighted by Crippen LogP contribution is -2.18. The molecule has 1 aromatic carbocycles. The number of aryl methyl sites for hydroxylation is 1. The zero-order valence-electron chi connectivity index (χ0n) is 8.10. The van der Waals surface area contributed by atoms with Crippen LogP contribution in [0.4, 0.5) is 4.39 Å². The summed E-state index contributed by atoms with van der Waals surface area (Å²) >= 11 is 0. The SMILES string of the molecule is Cc1cc(C(C)(C)C=O)ccc1F. The van der Waals surface area contributed by atoms with Crippen LogP contribution in [0.15, 0.2) is 18.2 Å². The minimum atomic E-state index is -0.529. The third kappa shape index (κ3) is 1.94. The second-order valence-electron chi connectivity index (χ2n) is 3.80. The summed E-state index contributed by atoms with van der Waals surface area (Å²) in [5.74, 6) is -0.231. The maximum atomic E-state index is 12.9. The average Bonchev–Trinajstić information content (AvgIpc) is 2.09. The molecule has 0 aromatic heterocycles. The molecule has 0 N–H and O–H groups in total. The van der Waals surface area contributed by atoms with Crippen LogP contribution < -0.4 is 0 Å². The summed E-state index contributed by atoms with van der Waals surface area (Å²) in [4.78, 5) is 10.7. The van der Waals surface area contributed by atoms with Crippen molar-refractivity contribution in [3.8, 4) is 0 Å². The van der Waals surface area contributed by atoms with Gasteiger partial charge in [-0.15, -0.1) is 0 Å². The van der Waals surface area contributed by atoms with E-state index in [9.17, 15) is 9.18 Å². The van der Waals surface area contributed by atoms with Crippen LogP contribution in [0, 0.1) is 12.7 Å². The molecular weight excluding hydrogens is 167 g/mol. The van der Waals surface area contributed by atoms with Crippen LogP contribution in [0.5, 0.6) is 0 Å². The molecule has 13 heavy (non-hydrogen) atoms. The summed E-state index contributed by atoms with van der Waals surface area (Å²) in [6, 6.07) is 4.76. The normalized spacial score (nSPS) is 11.4. The fourth-order valence-corrected chi connectivity index (χ4v) is 1.11. The van der Waals surface area contributed by atoms with Gasteiger partial charge in [0.25, 0.3) is 0 Å². The van der Waals surface area contributed by atoms with E-state index in [0.29, 0.717) is 5.56 Å². The standard InChI is InChI=1S/C11H13FO/c1-8-6-9(4-5-10(8)12)11(2,3)7-13/h4-7H,1-3H3. The Kier molecular flexibility index (Phi) is 2.50. The van der Waals surface area contributed by atoms with Gasteiger partial charge in [-0.05, 0) is 38.0 Å². The molecule has 0 heterocycles. The van der Waals surface area contributed by atoms with E-state index < -0.39 is 5.41 Å². The molecule has 2 heteroatoms.